The fourth-order valence-corrected chi connectivity index (χ4v) is 3.94. The minimum atomic E-state index is -0.653. The Morgan fingerprint density at radius 3 is 2.00 bits per heavy atom. The second kappa shape index (κ2) is 9.59. The van der Waals surface area contributed by atoms with E-state index < -0.39 is 17.9 Å². The number of benzene rings is 1. The minimum Gasteiger partial charge on any atom is -0.463 e. The van der Waals surface area contributed by atoms with Crippen LogP contribution in [-0.4, -0.2) is 25.2 Å². The van der Waals surface area contributed by atoms with Crippen molar-refractivity contribution in [1.82, 2.24) is 5.32 Å². The van der Waals surface area contributed by atoms with Gasteiger partial charge in [0.15, 0.2) is 0 Å². The monoisotopic (exact) mass is 503 g/mol. The Labute approximate surface area is 178 Å². The van der Waals surface area contributed by atoms with Crippen molar-refractivity contribution < 1.29 is 19.1 Å². The highest BCUT2D eigenvalue weighted by atomic mass is 127. The number of hydrogen-bond donors (Lipinski definition) is 1. The average molecular weight is 504 g/mol. The summed E-state index contributed by atoms with van der Waals surface area (Å²) in [5.41, 5.74) is 3.76. The largest absolute Gasteiger partial charge is 0.463 e. The molecule has 0 amide bonds. The molecule has 0 unspecified atom stereocenters. The number of halogens is 2. The van der Waals surface area contributed by atoms with E-state index in [0.717, 1.165) is 9.99 Å². The van der Waals surface area contributed by atoms with Gasteiger partial charge in [-0.1, -0.05) is 46.3 Å². The molecule has 1 heterocycles. The van der Waals surface area contributed by atoms with Crippen molar-refractivity contribution in [3.8, 4) is 0 Å². The van der Waals surface area contributed by atoms with Crippen LogP contribution in [0.15, 0.2) is 40.7 Å². The Kier molecular flexibility index (Phi) is 7.73. The third-order valence-electron chi connectivity index (χ3n) is 4.28. The second-order valence-corrected chi connectivity index (χ2v) is 7.24. The highest BCUT2D eigenvalue weighted by Gasteiger charge is 2.38. The van der Waals surface area contributed by atoms with Crippen LogP contribution < -0.4 is 5.32 Å². The first kappa shape index (κ1) is 21.8. The first-order valence-electron chi connectivity index (χ1n) is 8.72. The molecule has 0 aromatic heterocycles. The number of rotatable bonds is 6. The predicted octanol–water partition coefficient (Wildman–Crippen LogP) is 4.64. The highest BCUT2D eigenvalue weighted by molar-refractivity contribution is 14.1. The SMILES string of the molecule is CCOC(=O)C1=C(C)NC(C)=C(C(=O)OCC)C1c1ccc(CI)cc1Cl. The molecule has 0 radical (unpaired) electrons. The lowest BCUT2D eigenvalue weighted by atomic mass is 9.80. The van der Waals surface area contributed by atoms with E-state index in [4.69, 9.17) is 21.1 Å². The molecule has 1 aromatic rings. The summed E-state index contributed by atoms with van der Waals surface area (Å²) in [5.74, 6) is -1.60. The molecule has 5 nitrogen and oxygen atoms in total. The number of esters is 2. The molecule has 1 N–H and O–H groups in total. The Hall–Kier alpha value is -1.54. The van der Waals surface area contributed by atoms with Crippen molar-refractivity contribution in [2.75, 3.05) is 13.2 Å². The van der Waals surface area contributed by atoms with Crippen LogP contribution in [0, 0.1) is 0 Å². The molecule has 0 saturated heterocycles. The average Bonchev–Trinajstić information content (AvgIpc) is 2.61. The van der Waals surface area contributed by atoms with Gasteiger partial charge in [-0.3, -0.25) is 0 Å². The number of hydrogen-bond acceptors (Lipinski definition) is 5. The molecule has 0 saturated carbocycles. The fourth-order valence-electron chi connectivity index (χ4n) is 3.15. The summed E-state index contributed by atoms with van der Waals surface area (Å²) >= 11 is 8.82. The van der Waals surface area contributed by atoms with Crippen LogP contribution in [0.1, 0.15) is 44.7 Å². The zero-order valence-corrected chi connectivity index (χ0v) is 18.7. The molecule has 1 aliphatic heterocycles. The third-order valence-corrected chi connectivity index (χ3v) is 5.49. The number of carbonyl (C=O) groups excluding carboxylic acids is 2. The van der Waals surface area contributed by atoms with E-state index in [9.17, 15) is 9.59 Å². The number of dihydropyridines is 1. The number of alkyl halides is 1. The van der Waals surface area contributed by atoms with E-state index in [-0.39, 0.29) is 13.2 Å². The maximum absolute atomic E-state index is 12.7. The van der Waals surface area contributed by atoms with Crippen LogP contribution in [-0.2, 0) is 23.5 Å². The Morgan fingerprint density at radius 1 is 1.07 bits per heavy atom. The van der Waals surface area contributed by atoms with Gasteiger partial charge in [0.2, 0.25) is 0 Å². The lowest BCUT2D eigenvalue weighted by molar-refractivity contribution is -0.139. The summed E-state index contributed by atoms with van der Waals surface area (Å²) in [5, 5.41) is 3.61. The standard InChI is InChI=1S/C20H23ClINO4/c1-5-26-19(24)16-11(3)23-12(4)17(20(25)27-6-2)18(16)14-8-7-13(10-22)9-15(14)21/h7-9,18,23H,5-6,10H2,1-4H3. The predicted molar refractivity (Wildman–Crippen MR) is 114 cm³/mol. The second-order valence-electron chi connectivity index (χ2n) is 6.07. The normalized spacial score (nSPS) is 14.9. The van der Waals surface area contributed by atoms with E-state index in [2.05, 4.69) is 27.9 Å². The first-order valence-corrected chi connectivity index (χ1v) is 10.6. The molecule has 0 spiro atoms. The topological polar surface area (TPSA) is 64.6 Å². The third kappa shape index (κ3) is 4.66. The van der Waals surface area contributed by atoms with E-state index >= 15 is 0 Å². The zero-order valence-electron chi connectivity index (χ0n) is 15.8. The molecule has 0 aliphatic carbocycles. The van der Waals surface area contributed by atoms with Crippen molar-refractivity contribution in [2.45, 2.75) is 38.0 Å². The highest BCUT2D eigenvalue weighted by Crippen LogP contribution is 2.42. The van der Waals surface area contributed by atoms with Crippen molar-refractivity contribution in [3.63, 3.8) is 0 Å². The Morgan fingerprint density at radius 2 is 1.59 bits per heavy atom. The Balaban J connectivity index is 2.68. The molecule has 27 heavy (non-hydrogen) atoms. The van der Waals surface area contributed by atoms with Gasteiger partial charge >= 0.3 is 11.9 Å². The zero-order chi connectivity index (χ0) is 20.1. The van der Waals surface area contributed by atoms with Gasteiger partial charge in [0.25, 0.3) is 0 Å². The molecule has 7 heteroatoms. The summed E-state index contributed by atoms with van der Waals surface area (Å²) in [6.45, 7) is 7.54. The molecule has 1 aromatic carbocycles. The lowest BCUT2D eigenvalue weighted by Gasteiger charge is -2.31. The summed E-state index contributed by atoms with van der Waals surface area (Å²) in [6, 6.07) is 5.68. The molecule has 146 valence electrons. The van der Waals surface area contributed by atoms with Gasteiger partial charge in [-0.25, -0.2) is 9.59 Å². The van der Waals surface area contributed by atoms with Gasteiger partial charge in [0.05, 0.1) is 30.3 Å². The molecular weight excluding hydrogens is 481 g/mol. The van der Waals surface area contributed by atoms with Crippen molar-refractivity contribution >= 4 is 46.1 Å². The summed E-state index contributed by atoms with van der Waals surface area (Å²) < 4.78 is 11.3. The molecule has 2 rings (SSSR count). The number of ether oxygens (including phenoxy) is 2. The maximum Gasteiger partial charge on any atom is 0.336 e. The van der Waals surface area contributed by atoms with Crippen LogP contribution >= 0.6 is 34.2 Å². The van der Waals surface area contributed by atoms with Crippen LogP contribution in [0.5, 0.6) is 0 Å². The van der Waals surface area contributed by atoms with Gasteiger partial charge in [-0.05, 0) is 44.9 Å². The molecule has 0 fully saturated rings. The van der Waals surface area contributed by atoms with Crippen LogP contribution in [0.25, 0.3) is 0 Å². The van der Waals surface area contributed by atoms with E-state index in [1.807, 2.05) is 18.2 Å². The quantitative estimate of drug-likeness (QED) is 0.348. The maximum atomic E-state index is 12.7. The van der Waals surface area contributed by atoms with E-state index in [0.29, 0.717) is 33.1 Å². The lowest BCUT2D eigenvalue weighted by Crippen LogP contribution is -2.32. The number of nitrogens with one attached hydrogen (secondary N) is 1. The number of carbonyl (C=O) groups is 2. The Bertz CT molecular complexity index is 776. The number of allylic oxidation sites excluding steroid dienone is 2. The molecule has 1 aliphatic rings. The van der Waals surface area contributed by atoms with E-state index in [1.54, 1.807) is 27.7 Å². The smallest absolute Gasteiger partial charge is 0.336 e. The van der Waals surface area contributed by atoms with Crippen molar-refractivity contribution in [1.29, 1.82) is 0 Å². The summed E-state index contributed by atoms with van der Waals surface area (Å²) in [4.78, 5) is 25.4. The van der Waals surface area contributed by atoms with Gasteiger partial charge in [-0.2, -0.15) is 0 Å². The summed E-state index contributed by atoms with van der Waals surface area (Å²) in [6.07, 6.45) is 0. The van der Waals surface area contributed by atoms with Crippen molar-refractivity contribution in [2.24, 2.45) is 0 Å². The van der Waals surface area contributed by atoms with Gasteiger partial charge < -0.3 is 14.8 Å². The minimum absolute atomic E-state index is 0.237. The molecule has 0 bridgehead atoms. The first-order chi connectivity index (χ1) is 12.8. The molecular formula is C20H23ClINO4. The van der Waals surface area contributed by atoms with Crippen molar-refractivity contribution in [3.05, 3.63) is 56.9 Å². The van der Waals surface area contributed by atoms with Gasteiger partial charge in [-0.15, -0.1) is 0 Å². The fraction of sp³-hybridized carbons (Fsp3) is 0.400. The van der Waals surface area contributed by atoms with Crippen LogP contribution in [0.2, 0.25) is 5.02 Å². The van der Waals surface area contributed by atoms with Gasteiger partial charge in [0, 0.05) is 20.8 Å². The van der Waals surface area contributed by atoms with E-state index in [1.165, 1.54) is 0 Å². The molecule has 0 atom stereocenters. The van der Waals surface area contributed by atoms with Gasteiger partial charge in [0.1, 0.15) is 0 Å². The summed E-state index contributed by atoms with van der Waals surface area (Å²) in [7, 11) is 0. The van der Waals surface area contributed by atoms with Crippen LogP contribution in [0.4, 0.5) is 0 Å². The van der Waals surface area contributed by atoms with Crippen LogP contribution in [0.3, 0.4) is 0 Å².